The predicted molar refractivity (Wildman–Crippen MR) is 115 cm³/mol. The maximum Gasteiger partial charge on any atom is 0.270 e. The van der Waals surface area contributed by atoms with E-state index in [9.17, 15) is 14.3 Å². The number of aliphatic hydroxyl groups excluding tert-OH is 1. The average molecular weight is 429 g/mol. The van der Waals surface area contributed by atoms with Gasteiger partial charge in [0.2, 0.25) is 0 Å². The number of anilines is 1. The third-order valence-corrected chi connectivity index (χ3v) is 7.37. The molecule has 1 aliphatic heterocycles. The Morgan fingerprint density at radius 1 is 1.40 bits per heavy atom. The predicted octanol–water partition coefficient (Wildman–Crippen LogP) is 3.71. The second-order valence-corrected chi connectivity index (χ2v) is 9.52. The lowest BCUT2D eigenvalue weighted by Gasteiger charge is -2.25. The van der Waals surface area contributed by atoms with Crippen LogP contribution in [0, 0.1) is 11.2 Å². The summed E-state index contributed by atoms with van der Waals surface area (Å²) in [6.07, 6.45) is 3.54. The van der Waals surface area contributed by atoms with E-state index in [1.165, 1.54) is 12.1 Å². The Hall–Kier alpha value is -2.45. The highest BCUT2D eigenvalue weighted by Gasteiger charge is 2.42. The number of fused-ring (bicyclic) bond motifs is 2. The number of thiazole rings is 1. The second kappa shape index (κ2) is 7.35. The van der Waals surface area contributed by atoms with E-state index in [-0.39, 0.29) is 23.7 Å². The van der Waals surface area contributed by atoms with E-state index < -0.39 is 0 Å². The molecule has 1 fully saturated rings. The van der Waals surface area contributed by atoms with Gasteiger partial charge in [0.05, 0.1) is 18.8 Å². The smallest absolute Gasteiger partial charge is 0.270 e. The molecule has 0 unspecified atom stereocenters. The van der Waals surface area contributed by atoms with Gasteiger partial charge in [-0.3, -0.25) is 4.79 Å². The Kier molecular flexibility index (Phi) is 4.78. The van der Waals surface area contributed by atoms with Crippen molar-refractivity contribution in [3.63, 3.8) is 0 Å². The highest BCUT2D eigenvalue weighted by Crippen LogP contribution is 2.45. The van der Waals surface area contributed by atoms with E-state index in [0.29, 0.717) is 30.7 Å². The van der Waals surface area contributed by atoms with Crippen molar-refractivity contribution in [2.75, 3.05) is 25.0 Å². The number of aliphatic hydroxyl groups is 1. The first-order valence-corrected chi connectivity index (χ1v) is 11.3. The van der Waals surface area contributed by atoms with Gasteiger partial charge in [0.15, 0.2) is 5.13 Å². The highest BCUT2D eigenvalue weighted by molar-refractivity contribution is 7.15. The Morgan fingerprint density at radius 3 is 2.97 bits per heavy atom. The lowest BCUT2D eigenvalue weighted by atomic mass is 10.1. The highest BCUT2D eigenvalue weighted by atomic mass is 32.1. The summed E-state index contributed by atoms with van der Waals surface area (Å²) in [5, 5.41) is 14.6. The summed E-state index contributed by atoms with van der Waals surface area (Å²) >= 11 is 1.59. The Bertz CT molecular complexity index is 1120. The summed E-state index contributed by atoms with van der Waals surface area (Å²) in [5.74, 6) is -0.360. The van der Waals surface area contributed by atoms with Crippen LogP contribution in [-0.4, -0.2) is 45.6 Å². The first kappa shape index (κ1) is 19.5. The number of hydrogen-bond donors (Lipinski definition) is 3. The molecule has 2 aromatic heterocycles. The number of amides is 1. The minimum absolute atomic E-state index is 0.0284. The van der Waals surface area contributed by atoms with Crippen LogP contribution in [0.5, 0.6) is 0 Å². The minimum Gasteiger partial charge on any atom is -0.396 e. The van der Waals surface area contributed by atoms with Crippen LogP contribution in [0.1, 0.15) is 46.4 Å². The second-order valence-electron chi connectivity index (χ2n) is 8.44. The van der Waals surface area contributed by atoms with E-state index in [1.54, 1.807) is 11.3 Å². The molecule has 2 aliphatic rings. The van der Waals surface area contributed by atoms with Crippen LogP contribution in [0.4, 0.5) is 9.52 Å². The van der Waals surface area contributed by atoms with Gasteiger partial charge in [-0.15, -0.1) is 0 Å². The minimum atomic E-state index is -0.290. The largest absolute Gasteiger partial charge is 0.396 e. The van der Waals surface area contributed by atoms with Gasteiger partial charge in [0.1, 0.15) is 11.5 Å². The summed E-state index contributed by atoms with van der Waals surface area (Å²) in [5.41, 5.74) is 3.13. The molecule has 1 amide bonds. The normalized spacial score (nSPS) is 17.2. The molecule has 6 nitrogen and oxygen atoms in total. The molecular weight excluding hydrogens is 403 g/mol. The van der Waals surface area contributed by atoms with Crippen LogP contribution in [-0.2, 0) is 19.4 Å². The molecule has 30 heavy (non-hydrogen) atoms. The number of carbonyl (C=O) groups excluding carboxylic acids is 1. The van der Waals surface area contributed by atoms with Crippen molar-refractivity contribution in [2.24, 2.45) is 5.41 Å². The van der Waals surface area contributed by atoms with Gasteiger partial charge in [-0.05, 0) is 43.0 Å². The summed E-state index contributed by atoms with van der Waals surface area (Å²) in [6.45, 7) is 4.07. The fourth-order valence-electron chi connectivity index (χ4n) is 4.13. The first-order valence-electron chi connectivity index (χ1n) is 10.4. The number of nitrogens with one attached hydrogen (secondary N) is 2. The lowest BCUT2D eigenvalue weighted by Crippen LogP contribution is -2.35. The van der Waals surface area contributed by atoms with Crippen molar-refractivity contribution in [1.82, 2.24) is 14.9 Å². The van der Waals surface area contributed by atoms with Gasteiger partial charge in [-0.2, -0.15) is 0 Å². The number of nitrogens with zero attached hydrogens (tertiary/aromatic N) is 2. The van der Waals surface area contributed by atoms with Crippen molar-refractivity contribution >= 4 is 33.3 Å². The van der Waals surface area contributed by atoms with Crippen molar-refractivity contribution in [3.05, 3.63) is 45.8 Å². The van der Waals surface area contributed by atoms with Gasteiger partial charge >= 0.3 is 0 Å². The fourth-order valence-corrected chi connectivity index (χ4v) is 5.15. The molecule has 8 heteroatoms. The molecule has 1 saturated carbocycles. The maximum atomic E-state index is 13.8. The SMILES string of the molecule is CCc1cc(F)cc2[nH]c(C(=O)N3CCc4nc(NCC5(CO)CC5)sc4C3)cc12. The van der Waals surface area contributed by atoms with Crippen LogP contribution in [0.2, 0.25) is 0 Å². The standard InChI is InChI=1S/C22H25FN4O2S/c1-2-13-7-14(23)8-17-15(13)9-18(25-17)20(29)27-6-3-16-19(10-27)30-21(26-16)24-11-22(12-28)4-5-22/h7-9,25,28H,2-6,10-12H2,1H3,(H,24,26). The van der Waals surface area contributed by atoms with E-state index in [4.69, 9.17) is 0 Å². The third kappa shape index (κ3) is 3.48. The number of halogens is 1. The summed E-state index contributed by atoms with van der Waals surface area (Å²) in [6, 6.07) is 4.82. The van der Waals surface area contributed by atoms with E-state index in [1.807, 2.05) is 17.9 Å². The Balaban J connectivity index is 1.32. The molecular formula is C22H25FN4O2S. The van der Waals surface area contributed by atoms with E-state index >= 15 is 0 Å². The molecule has 0 atom stereocenters. The quantitative estimate of drug-likeness (QED) is 0.559. The zero-order valence-corrected chi connectivity index (χ0v) is 17.7. The van der Waals surface area contributed by atoms with Crippen molar-refractivity contribution in [3.8, 4) is 0 Å². The molecule has 0 saturated heterocycles. The average Bonchev–Trinajstić information content (AvgIpc) is 3.22. The molecule has 158 valence electrons. The number of rotatable bonds is 6. The van der Waals surface area contributed by atoms with Gasteiger partial charge in [0.25, 0.3) is 5.91 Å². The molecule has 1 aliphatic carbocycles. The van der Waals surface area contributed by atoms with Crippen molar-refractivity contribution < 1.29 is 14.3 Å². The third-order valence-electron chi connectivity index (χ3n) is 6.33. The molecule has 3 heterocycles. The van der Waals surface area contributed by atoms with Gasteiger partial charge in [0, 0.05) is 40.7 Å². The Morgan fingerprint density at radius 2 is 2.23 bits per heavy atom. The summed E-state index contributed by atoms with van der Waals surface area (Å²) < 4.78 is 13.8. The number of benzene rings is 1. The molecule has 3 aromatic rings. The first-order chi connectivity index (χ1) is 14.5. The van der Waals surface area contributed by atoms with Gasteiger partial charge in [-0.1, -0.05) is 18.3 Å². The van der Waals surface area contributed by atoms with Crippen LogP contribution in [0.25, 0.3) is 10.9 Å². The van der Waals surface area contributed by atoms with Crippen LogP contribution < -0.4 is 5.32 Å². The summed E-state index contributed by atoms with van der Waals surface area (Å²) in [4.78, 5) is 23.8. The fraction of sp³-hybridized carbons (Fsp3) is 0.455. The lowest BCUT2D eigenvalue weighted by molar-refractivity contribution is 0.0731. The number of H-pyrrole nitrogens is 1. The molecule has 0 bridgehead atoms. The number of aryl methyl sites for hydroxylation is 1. The molecule has 1 aromatic carbocycles. The number of hydrogen-bond acceptors (Lipinski definition) is 5. The molecule has 0 radical (unpaired) electrons. The molecule has 0 spiro atoms. The topological polar surface area (TPSA) is 81.2 Å². The number of aromatic nitrogens is 2. The van der Waals surface area contributed by atoms with Crippen LogP contribution in [0.15, 0.2) is 18.2 Å². The maximum absolute atomic E-state index is 13.8. The number of carbonyl (C=O) groups is 1. The van der Waals surface area contributed by atoms with Gasteiger partial charge in [-0.25, -0.2) is 9.37 Å². The van der Waals surface area contributed by atoms with Crippen LogP contribution in [0.3, 0.4) is 0 Å². The number of aromatic amines is 1. The van der Waals surface area contributed by atoms with Gasteiger partial charge < -0.3 is 20.3 Å². The molecule has 3 N–H and O–H groups in total. The van der Waals surface area contributed by atoms with E-state index in [2.05, 4.69) is 15.3 Å². The zero-order valence-electron chi connectivity index (χ0n) is 16.9. The molecule has 5 rings (SSSR count). The van der Waals surface area contributed by atoms with E-state index in [0.717, 1.165) is 52.5 Å². The van der Waals surface area contributed by atoms with Crippen molar-refractivity contribution in [2.45, 2.75) is 39.2 Å². The monoisotopic (exact) mass is 428 g/mol. The van der Waals surface area contributed by atoms with Crippen molar-refractivity contribution in [1.29, 1.82) is 0 Å². The van der Waals surface area contributed by atoms with Crippen LogP contribution >= 0.6 is 11.3 Å². The Labute approximate surface area is 178 Å². The summed E-state index contributed by atoms with van der Waals surface area (Å²) in [7, 11) is 0. The zero-order chi connectivity index (χ0) is 20.9.